The topological polar surface area (TPSA) is 73.9 Å². The predicted molar refractivity (Wildman–Crippen MR) is 107 cm³/mol. The Morgan fingerprint density at radius 3 is 2.39 bits per heavy atom. The van der Waals surface area contributed by atoms with E-state index in [4.69, 9.17) is 5.26 Å². The summed E-state index contributed by atoms with van der Waals surface area (Å²) < 4.78 is 1.74. The molecule has 0 saturated carbocycles. The smallest absolute Gasteiger partial charge is 0.175 e. The van der Waals surface area contributed by atoms with Crippen LogP contribution in [0.3, 0.4) is 0 Å². The molecule has 4 rings (SSSR count). The number of aromatic nitrogens is 4. The Kier molecular flexibility index (Phi) is 5.31. The van der Waals surface area contributed by atoms with Crippen LogP contribution in [-0.4, -0.2) is 51.1 Å². The second-order valence-electron chi connectivity index (χ2n) is 7.08. The molecule has 7 heteroatoms. The van der Waals surface area contributed by atoms with E-state index in [1.807, 2.05) is 55.6 Å². The first-order valence-electron chi connectivity index (χ1n) is 9.54. The van der Waals surface area contributed by atoms with Crippen molar-refractivity contribution < 1.29 is 0 Å². The summed E-state index contributed by atoms with van der Waals surface area (Å²) in [6.07, 6.45) is 2.98. The lowest BCUT2D eigenvalue weighted by atomic mass is 10.1. The van der Waals surface area contributed by atoms with Crippen LogP contribution in [-0.2, 0) is 6.54 Å². The monoisotopic (exact) mass is 373 g/mol. The molecule has 0 radical (unpaired) electrons. The van der Waals surface area contributed by atoms with Crippen LogP contribution in [0.1, 0.15) is 23.2 Å². The lowest BCUT2D eigenvalue weighted by Crippen LogP contribution is -2.31. The number of rotatable bonds is 4. The van der Waals surface area contributed by atoms with Crippen LogP contribution in [0.15, 0.2) is 48.7 Å². The summed E-state index contributed by atoms with van der Waals surface area (Å²) in [4.78, 5) is 4.75. The molecule has 0 unspecified atom stereocenters. The first-order valence-corrected chi connectivity index (χ1v) is 9.54. The molecule has 3 heterocycles. The summed E-state index contributed by atoms with van der Waals surface area (Å²) in [7, 11) is 0. The van der Waals surface area contributed by atoms with Crippen molar-refractivity contribution in [1.29, 1.82) is 5.26 Å². The Balaban J connectivity index is 1.37. The SMILES string of the molecule is Cc1ccn(-c2ccc(N3CCCN(Cc4ccc(C#N)cc4)CC3)nn2)n1. The standard InChI is InChI=1S/C21H23N7/c1-17-9-12-28(25-17)21-8-7-20(23-24-21)27-11-2-10-26(13-14-27)16-19-5-3-18(15-22)4-6-19/h3-9,12H,2,10-11,13-14,16H2,1H3. The first-order chi connectivity index (χ1) is 13.7. The fraction of sp³-hybridized carbons (Fsp3) is 0.333. The number of nitriles is 1. The average Bonchev–Trinajstić information content (AvgIpc) is 3.03. The molecule has 0 bridgehead atoms. The zero-order valence-electron chi connectivity index (χ0n) is 16.0. The predicted octanol–water partition coefficient (Wildman–Crippen LogP) is 2.55. The van der Waals surface area contributed by atoms with Crippen LogP contribution in [0.4, 0.5) is 5.82 Å². The minimum absolute atomic E-state index is 0.707. The van der Waals surface area contributed by atoms with E-state index in [2.05, 4.69) is 31.2 Å². The lowest BCUT2D eigenvalue weighted by Gasteiger charge is -2.22. The molecule has 3 aromatic rings. The molecule has 142 valence electrons. The third-order valence-electron chi connectivity index (χ3n) is 5.00. The van der Waals surface area contributed by atoms with Gasteiger partial charge in [0.15, 0.2) is 11.6 Å². The van der Waals surface area contributed by atoms with Gasteiger partial charge < -0.3 is 4.90 Å². The van der Waals surface area contributed by atoms with E-state index in [1.54, 1.807) is 4.68 Å². The Morgan fingerprint density at radius 1 is 0.929 bits per heavy atom. The molecule has 0 N–H and O–H groups in total. The molecule has 1 aliphatic rings. The van der Waals surface area contributed by atoms with E-state index in [0.29, 0.717) is 5.56 Å². The zero-order chi connectivity index (χ0) is 19.3. The van der Waals surface area contributed by atoms with Gasteiger partial charge in [-0.15, -0.1) is 10.2 Å². The molecule has 1 fully saturated rings. The Labute approximate surface area is 164 Å². The van der Waals surface area contributed by atoms with Crippen LogP contribution in [0.25, 0.3) is 5.82 Å². The molecular formula is C21H23N7. The van der Waals surface area contributed by atoms with Gasteiger partial charge in [0.2, 0.25) is 0 Å². The molecule has 0 amide bonds. The Morgan fingerprint density at radius 2 is 1.71 bits per heavy atom. The Hall–Kier alpha value is -3.24. The van der Waals surface area contributed by atoms with Gasteiger partial charge in [-0.1, -0.05) is 12.1 Å². The van der Waals surface area contributed by atoms with Gasteiger partial charge in [0.05, 0.1) is 17.3 Å². The van der Waals surface area contributed by atoms with Crippen LogP contribution >= 0.6 is 0 Å². The van der Waals surface area contributed by atoms with Gasteiger partial charge in [-0.2, -0.15) is 10.4 Å². The number of aryl methyl sites for hydroxylation is 1. The molecule has 0 spiro atoms. The fourth-order valence-corrected chi connectivity index (χ4v) is 3.45. The van der Waals surface area contributed by atoms with E-state index in [9.17, 15) is 0 Å². The van der Waals surface area contributed by atoms with E-state index < -0.39 is 0 Å². The molecule has 7 nitrogen and oxygen atoms in total. The van der Waals surface area contributed by atoms with Gasteiger partial charge in [0.1, 0.15) is 0 Å². The van der Waals surface area contributed by atoms with Crippen molar-refractivity contribution in [3.05, 3.63) is 65.5 Å². The highest BCUT2D eigenvalue weighted by atomic mass is 15.4. The average molecular weight is 373 g/mol. The second kappa shape index (κ2) is 8.19. The van der Waals surface area contributed by atoms with Crippen LogP contribution in [0.5, 0.6) is 0 Å². The minimum Gasteiger partial charge on any atom is -0.354 e. The van der Waals surface area contributed by atoms with Crippen molar-refractivity contribution in [2.75, 3.05) is 31.1 Å². The van der Waals surface area contributed by atoms with Gasteiger partial charge in [0, 0.05) is 38.9 Å². The molecule has 1 aliphatic heterocycles. The number of nitrogens with zero attached hydrogens (tertiary/aromatic N) is 7. The highest BCUT2D eigenvalue weighted by Gasteiger charge is 2.17. The third kappa shape index (κ3) is 4.18. The fourth-order valence-electron chi connectivity index (χ4n) is 3.45. The van der Waals surface area contributed by atoms with Crippen molar-refractivity contribution in [1.82, 2.24) is 24.9 Å². The maximum absolute atomic E-state index is 8.93. The maximum atomic E-state index is 8.93. The van der Waals surface area contributed by atoms with Crippen molar-refractivity contribution in [3.63, 3.8) is 0 Å². The largest absolute Gasteiger partial charge is 0.354 e. The second-order valence-corrected chi connectivity index (χ2v) is 7.08. The normalized spacial score (nSPS) is 15.2. The zero-order valence-corrected chi connectivity index (χ0v) is 16.0. The van der Waals surface area contributed by atoms with E-state index in [0.717, 1.165) is 56.5 Å². The van der Waals surface area contributed by atoms with Crippen molar-refractivity contribution in [3.8, 4) is 11.9 Å². The van der Waals surface area contributed by atoms with Crippen molar-refractivity contribution in [2.24, 2.45) is 0 Å². The number of hydrogen-bond acceptors (Lipinski definition) is 6. The summed E-state index contributed by atoms with van der Waals surface area (Å²) in [5, 5.41) is 22.1. The highest BCUT2D eigenvalue weighted by molar-refractivity contribution is 5.40. The highest BCUT2D eigenvalue weighted by Crippen LogP contribution is 2.16. The molecule has 1 aromatic carbocycles. The summed E-state index contributed by atoms with van der Waals surface area (Å²) in [5.41, 5.74) is 2.91. The number of hydrogen-bond donors (Lipinski definition) is 0. The lowest BCUT2D eigenvalue weighted by molar-refractivity contribution is 0.285. The summed E-state index contributed by atoms with van der Waals surface area (Å²) >= 11 is 0. The van der Waals surface area contributed by atoms with Crippen LogP contribution < -0.4 is 4.90 Å². The van der Waals surface area contributed by atoms with Gasteiger partial charge in [-0.05, 0) is 49.2 Å². The molecule has 1 saturated heterocycles. The van der Waals surface area contributed by atoms with Crippen molar-refractivity contribution in [2.45, 2.75) is 19.9 Å². The molecule has 0 aliphatic carbocycles. The van der Waals surface area contributed by atoms with Crippen molar-refractivity contribution >= 4 is 5.82 Å². The van der Waals surface area contributed by atoms with Crippen LogP contribution in [0.2, 0.25) is 0 Å². The summed E-state index contributed by atoms with van der Waals surface area (Å²) in [6, 6.07) is 16.0. The van der Waals surface area contributed by atoms with E-state index in [-0.39, 0.29) is 0 Å². The molecule has 28 heavy (non-hydrogen) atoms. The Bertz CT molecular complexity index is 954. The van der Waals surface area contributed by atoms with Gasteiger partial charge in [0.25, 0.3) is 0 Å². The summed E-state index contributed by atoms with van der Waals surface area (Å²) in [5.74, 6) is 1.64. The van der Waals surface area contributed by atoms with Gasteiger partial charge in [-0.3, -0.25) is 4.90 Å². The van der Waals surface area contributed by atoms with Crippen LogP contribution in [0, 0.1) is 18.3 Å². The molecular weight excluding hydrogens is 350 g/mol. The number of anilines is 1. The minimum atomic E-state index is 0.707. The maximum Gasteiger partial charge on any atom is 0.175 e. The van der Waals surface area contributed by atoms with Gasteiger partial charge in [-0.25, -0.2) is 4.68 Å². The number of benzene rings is 1. The molecule has 0 atom stereocenters. The quantitative estimate of drug-likeness (QED) is 0.700. The summed E-state index contributed by atoms with van der Waals surface area (Å²) in [6.45, 7) is 6.78. The van der Waals surface area contributed by atoms with E-state index >= 15 is 0 Å². The first kappa shape index (κ1) is 18.1. The third-order valence-corrected chi connectivity index (χ3v) is 5.00. The van der Waals surface area contributed by atoms with E-state index in [1.165, 1.54) is 5.56 Å². The van der Waals surface area contributed by atoms with Gasteiger partial charge >= 0.3 is 0 Å². The molecule has 2 aromatic heterocycles.